The molecule has 2 N–H and O–H groups in total. The zero-order chi connectivity index (χ0) is 19.3. The van der Waals surface area contributed by atoms with Gasteiger partial charge in [-0.3, -0.25) is 4.79 Å². The Balaban J connectivity index is 1.84. The molecule has 0 saturated carbocycles. The smallest absolute Gasteiger partial charge is 0.306 e. The van der Waals surface area contributed by atoms with Crippen molar-refractivity contribution in [2.24, 2.45) is 5.92 Å². The van der Waals surface area contributed by atoms with E-state index in [4.69, 9.17) is 9.84 Å². The number of allylic oxidation sites excluding steroid dienone is 2. The third-order valence-corrected chi connectivity index (χ3v) is 5.40. The molecule has 4 heteroatoms. The molecule has 0 spiro atoms. The molecule has 0 bridgehead atoms. The van der Waals surface area contributed by atoms with Crippen molar-refractivity contribution in [2.45, 2.75) is 78.2 Å². The van der Waals surface area contributed by atoms with Crippen LogP contribution in [0.15, 0.2) is 23.8 Å². The summed E-state index contributed by atoms with van der Waals surface area (Å²) in [6.07, 6.45) is 8.65. The summed E-state index contributed by atoms with van der Waals surface area (Å²) < 4.78 is 6.32. The van der Waals surface area contributed by atoms with Gasteiger partial charge in [0.1, 0.15) is 17.1 Å². The van der Waals surface area contributed by atoms with Crippen molar-refractivity contribution in [2.75, 3.05) is 0 Å². The SMILES string of the molecule is C/C(=C\CC[C@@]1(C)CCc2cc(O)cc(C)c2O1)CCCC(C)C(=O)O. The van der Waals surface area contributed by atoms with Crippen molar-refractivity contribution in [3.8, 4) is 11.5 Å². The van der Waals surface area contributed by atoms with Gasteiger partial charge in [0, 0.05) is 0 Å². The lowest BCUT2D eigenvalue weighted by molar-refractivity contribution is -0.141. The topological polar surface area (TPSA) is 66.8 Å². The van der Waals surface area contributed by atoms with Crippen LogP contribution in [-0.2, 0) is 11.2 Å². The predicted molar refractivity (Wildman–Crippen MR) is 104 cm³/mol. The second-order valence-electron chi connectivity index (χ2n) is 8.02. The Bertz CT molecular complexity index is 677. The van der Waals surface area contributed by atoms with Gasteiger partial charge in [-0.05, 0) is 89.0 Å². The van der Waals surface area contributed by atoms with Crippen LogP contribution < -0.4 is 4.74 Å². The van der Waals surface area contributed by atoms with E-state index in [0.717, 1.165) is 61.8 Å². The minimum Gasteiger partial charge on any atom is -0.508 e. The van der Waals surface area contributed by atoms with Gasteiger partial charge in [0.15, 0.2) is 0 Å². The summed E-state index contributed by atoms with van der Waals surface area (Å²) in [5, 5.41) is 18.7. The van der Waals surface area contributed by atoms with Gasteiger partial charge in [-0.15, -0.1) is 0 Å². The Labute approximate surface area is 156 Å². The number of aromatic hydroxyl groups is 1. The van der Waals surface area contributed by atoms with Crippen LogP contribution >= 0.6 is 0 Å². The summed E-state index contributed by atoms with van der Waals surface area (Å²) in [5.74, 6) is 0.266. The lowest BCUT2D eigenvalue weighted by Gasteiger charge is -2.36. The fourth-order valence-electron chi connectivity index (χ4n) is 3.57. The van der Waals surface area contributed by atoms with Gasteiger partial charge >= 0.3 is 5.97 Å². The number of phenols is 1. The van der Waals surface area contributed by atoms with E-state index in [1.54, 1.807) is 13.0 Å². The third-order valence-electron chi connectivity index (χ3n) is 5.40. The Hall–Kier alpha value is -1.97. The van der Waals surface area contributed by atoms with E-state index < -0.39 is 5.97 Å². The van der Waals surface area contributed by atoms with Gasteiger partial charge < -0.3 is 14.9 Å². The van der Waals surface area contributed by atoms with E-state index in [1.165, 1.54) is 5.57 Å². The summed E-state index contributed by atoms with van der Waals surface area (Å²) in [6, 6.07) is 3.57. The van der Waals surface area contributed by atoms with E-state index in [0.29, 0.717) is 5.75 Å². The minimum atomic E-state index is -0.710. The first-order valence-corrected chi connectivity index (χ1v) is 9.60. The molecule has 0 radical (unpaired) electrons. The van der Waals surface area contributed by atoms with E-state index in [-0.39, 0.29) is 11.5 Å². The van der Waals surface area contributed by atoms with Crippen LogP contribution in [0.4, 0.5) is 0 Å². The maximum atomic E-state index is 10.8. The molecule has 0 aliphatic carbocycles. The number of aliphatic carboxylic acids is 1. The van der Waals surface area contributed by atoms with E-state index >= 15 is 0 Å². The zero-order valence-corrected chi connectivity index (χ0v) is 16.5. The predicted octanol–water partition coefficient (Wildman–Crippen LogP) is 5.40. The molecule has 1 aromatic rings. The van der Waals surface area contributed by atoms with E-state index in [9.17, 15) is 9.90 Å². The van der Waals surface area contributed by atoms with Crippen LogP contribution in [-0.4, -0.2) is 21.8 Å². The molecule has 1 aliphatic heterocycles. The normalized spacial score (nSPS) is 21.0. The summed E-state index contributed by atoms with van der Waals surface area (Å²) in [7, 11) is 0. The Morgan fingerprint density at radius 1 is 1.42 bits per heavy atom. The standard InChI is InChI=1S/C22H32O4/c1-15(7-5-9-16(2)21(24)25)8-6-11-22(4)12-10-18-14-19(23)13-17(3)20(18)26-22/h8,13-14,16,23H,5-7,9-12H2,1-4H3,(H,24,25)/b15-8+/t16?,22-/m0/s1. The van der Waals surface area contributed by atoms with Crippen LogP contribution in [0.1, 0.15) is 70.4 Å². The van der Waals surface area contributed by atoms with Gasteiger partial charge in [-0.1, -0.05) is 18.6 Å². The van der Waals surface area contributed by atoms with Crippen molar-refractivity contribution in [3.05, 3.63) is 34.9 Å². The Morgan fingerprint density at radius 2 is 2.15 bits per heavy atom. The second-order valence-corrected chi connectivity index (χ2v) is 8.02. The highest BCUT2D eigenvalue weighted by Gasteiger charge is 2.31. The van der Waals surface area contributed by atoms with E-state index in [1.807, 2.05) is 13.0 Å². The highest BCUT2D eigenvalue weighted by Crippen LogP contribution is 2.39. The Morgan fingerprint density at radius 3 is 2.85 bits per heavy atom. The first-order valence-electron chi connectivity index (χ1n) is 9.60. The molecule has 0 fully saturated rings. The summed E-state index contributed by atoms with van der Waals surface area (Å²) in [5.41, 5.74) is 3.23. The van der Waals surface area contributed by atoms with Crippen molar-refractivity contribution < 1.29 is 19.7 Å². The maximum Gasteiger partial charge on any atom is 0.306 e. The van der Waals surface area contributed by atoms with Gasteiger partial charge in [-0.2, -0.15) is 0 Å². The van der Waals surface area contributed by atoms with Crippen LogP contribution in [0, 0.1) is 12.8 Å². The number of benzene rings is 1. The van der Waals surface area contributed by atoms with E-state index in [2.05, 4.69) is 19.9 Å². The highest BCUT2D eigenvalue weighted by molar-refractivity contribution is 5.69. The molecular weight excluding hydrogens is 328 g/mol. The fourth-order valence-corrected chi connectivity index (χ4v) is 3.57. The molecule has 1 heterocycles. The number of phenolic OH excluding ortho intramolecular Hbond substituents is 1. The maximum absolute atomic E-state index is 10.8. The van der Waals surface area contributed by atoms with Gasteiger partial charge in [0.2, 0.25) is 0 Å². The number of fused-ring (bicyclic) bond motifs is 1. The molecule has 1 aliphatic rings. The molecule has 144 valence electrons. The van der Waals surface area contributed by atoms with Crippen LogP contribution in [0.2, 0.25) is 0 Å². The molecule has 4 nitrogen and oxygen atoms in total. The lowest BCUT2D eigenvalue weighted by Crippen LogP contribution is -2.36. The number of carboxylic acid groups (broad SMARTS) is 1. The molecule has 1 unspecified atom stereocenters. The quantitative estimate of drug-likeness (QED) is 0.609. The molecule has 26 heavy (non-hydrogen) atoms. The van der Waals surface area contributed by atoms with Crippen LogP contribution in [0.5, 0.6) is 11.5 Å². The number of carboxylic acids is 1. The zero-order valence-electron chi connectivity index (χ0n) is 16.5. The molecule has 0 aromatic heterocycles. The third kappa shape index (κ3) is 5.52. The minimum absolute atomic E-state index is 0.177. The van der Waals surface area contributed by atoms with Gasteiger partial charge in [0.05, 0.1) is 5.92 Å². The number of ether oxygens (including phenoxy) is 1. The molecule has 2 rings (SSSR count). The molecule has 2 atom stereocenters. The monoisotopic (exact) mass is 360 g/mol. The summed E-state index contributed by atoms with van der Waals surface area (Å²) >= 11 is 0. The highest BCUT2D eigenvalue weighted by atomic mass is 16.5. The van der Waals surface area contributed by atoms with Crippen molar-refractivity contribution in [3.63, 3.8) is 0 Å². The average Bonchev–Trinajstić information content (AvgIpc) is 2.55. The van der Waals surface area contributed by atoms with Crippen molar-refractivity contribution >= 4 is 5.97 Å². The number of hydrogen-bond donors (Lipinski definition) is 2. The lowest BCUT2D eigenvalue weighted by atomic mass is 9.87. The number of hydrogen-bond acceptors (Lipinski definition) is 3. The first-order chi connectivity index (χ1) is 12.2. The molecule has 1 aromatic carbocycles. The van der Waals surface area contributed by atoms with Crippen molar-refractivity contribution in [1.29, 1.82) is 0 Å². The van der Waals surface area contributed by atoms with Gasteiger partial charge in [-0.25, -0.2) is 0 Å². The number of rotatable bonds is 8. The first kappa shape index (κ1) is 20.3. The Kier molecular flexibility index (Phi) is 6.74. The fraction of sp³-hybridized carbons (Fsp3) is 0.591. The van der Waals surface area contributed by atoms with Gasteiger partial charge in [0.25, 0.3) is 0 Å². The molecule has 0 amide bonds. The van der Waals surface area contributed by atoms with Crippen LogP contribution in [0.3, 0.4) is 0 Å². The summed E-state index contributed by atoms with van der Waals surface area (Å²) in [4.78, 5) is 10.8. The second kappa shape index (κ2) is 8.61. The molecule has 0 saturated heterocycles. The van der Waals surface area contributed by atoms with Crippen molar-refractivity contribution in [1.82, 2.24) is 0 Å². The average molecular weight is 360 g/mol. The number of aryl methyl sites for hydroxylation is 2. The number of carbonyl (C=O) groups is 1. The molecular formula is C22H32O4. The van der Waals surface area contributed by atoms with Crippen LogP contribution in [0.25, 0.3) is 0 Å². The summed E-state index contributed by atoms with van der Waals surface area (Å²) in [6.45, 7) is 8.03. The largest absolute Gasteiger partial charge is 0.508 e.